The average Bonchev–Trinajstić information content (AvgIpc) is 3.16. The quantitative estimate of drug-likeness (QED) is 0.580. The minimum atomic E-state index is 0.182. The normalized spacial score (nSPS) is 16.7. The second-order valence-electron chi connectivity index (χ2n) is 7.33. The first kappa shape index (κ1) is 19.6. The van der Waals surface area contributed by atoms with Crippen LogP contribution in [0.3, 0.4) is 0 Å². The van der Waals surface area contributed by atoms with Crippen molar-refractivity contribution in [1.82, 2.24) is 24.6 Å². The number of pyridine rings is 1. The number of piperidine rings is 1. The van der Waals surface area contributed by atoms with E-state index in [4.69, 9.17) is 0 Å². The van der Waals surface area contributed by atoms with Crippen LogP contribution in [0.25, 0.3) is 11.4 Å². The van der Waals surface area contributed by atoms with Gasteiger partial charge in [0.1, 0.15) is 0 Å². The van der Waals surface area contributed by atoms with Gasteiger partial charge in [-0.25, -0.2) is 0 Å². The lowest BCUT2D eigenvalue weighted by Crippen LogP contribution is -2.43. The van der Waals surface area contributed by atoms with Crippen LogP contribution < -0.4 is 0 Å². The molecule has 1 aromatic carbocycles. The third-order valence-corrected chi connectivity index (χ3v) is 6.24. The SMILES string of the molecule is C[C@H]1CCCCN1C(=O)CSc1nnc(-c2ccncc2)n1Cc1ccccc1. The van der Waals surface area contributed by atoms with E-state index in [1.165, 1.54) is 23.7 Å². The third-order valence-electron chi connectivity index (χ3n) is 5.29. The number of thioether (sulfide) groups is 1. The summed E-state index contributed by atoms with van der Waals surface area (Å²) in [4.78, 5) is 18.9. The summed E-state index contributed by atoms with van der Waals surface area (Å²) in [5, 5.41) is 9.60. The van der Waals surface area contributed by atoms with Crippen LogP contribution in [0.15, 0.2) is 60.0 Å². The van der Waals surface area contributed by atoms with E-state index in [9.17, 15) is 4.79 Å². The molecule has 6 nitrogen and oxygen atoms in total. The fourth-order valence-corrected chi connectivity index (χ4v) is 4.52. The Morgan fingerprint density at radius 1 is 1.10 bits per heavy atom. The second-order valence-corrected chi connectivity index (χ2v) is 8.28. The lowest BCUT2D eigenvalue weighted by Gasteiger charge is -2.33. The van der Waals surface area contributed by atoms with Gasteiger partial charge in [-0.3, -0.25) is 14.3 Å². The van der Waals surface area contributed by atoms with Crippen LogP contribution in [-0.2, 0) is 11.3 Å². The van der Waals surface area contributed by atoms with Crippen LogP contribution >= 0.6 is 11.8 Å². The van der Waals surface area contributed by atoms with E-state index in [0.29, 0.717) is 18.3 Å². The fourth-order valence-electron chi connectivity index (χ4n) is 3.70. The van der Waals surface area contributed by atoms with Crippen LogP contribution in [0.2, 0.25) is 0 Å². The standard InChI is InChI=1S/C22H25N5OS/c1-17-7-5-6-14-26(17)20(28)16-29-22-25-24-21(19-10-12-23-13-11-19)27(22)15-18-8-3-2-4-9-18/h2-4,8-13,17H,5-7,14-16H2,1H3/t17-/m0/s1. The molecule has 1 saturated heterocycles. The maximum absolute atomic E-state index is 12.8. The van der Waals surface area contributed by atoms with E-state index < -0.39 is 0 Å². The molecule has 1 aliphatic rings. The van der Waals surface area contributed by atoms with Crippen molar-refractivity contribution in [3.8, 4) is 11.4 Å². The summed E-state index contributed by atoms with van der Waals surface area (Å²) in [6.07, 6.45) is 6.90. The molecule has 1 atom stereocenters. The topological polar surface area (TPSA) is 63.9 Å². The molecule has 2 aromatic heterocycles. The molecule has 3 heterocycles. The molecule has 1 amide bonds. The summed E-state index contributed by atoms with van der Waals surface area (Å²) < 4.78 is 2.09. The summed E-state index contributed by atoms with van der Waals surface area (Å²) in [6, 6.07) is 14.4. The molecule has 0 saturated carbocycles. The largest absolute Gasteiger partial charge is 0.339 e. The molecule has 0 bridgehead atoms. The van der Waals surface area contributed by atoms with E-state index in [2.05, 4.69) is 38.8 Å². The first-order chi connectivity index (χ1) is 14.2. The van der Waals surface area contributed by atoms with Gasteiger partial charge in [-0.05, 0) is 43.9 Å². The Bertz CT molecular complexity index is 944. The Morgan fingerprint density at radius 2 is 1.90 bits per heavy atom. The molecule has 0 spiro atoms. The molecule has 1 fully saturated rings. The summed E-state index contributed by atoms with van der Waals surface area (Å²) in [5.74, 6) is 1.35. The minimum absolute atomic E-state index is 0.182. The summed E-state index contributed by atoms with van der Waals surface area (Å²) in [6.45, 7) is 3.66. The Balaban J connectivity index is 1.56. The first-order valence-electron chi connectivity index (χ1n) is 10.0. The van der Waals surface area contributed by atoms with E-state index in [-0.39, 0.29) is 5.91 Å². The molecule has 0 aliphatic carbocycles. The molecule has 4 rings (SSSR count). The zero-order chi connectivity index (χ0) is 20.1. The van der Waals surface area contributed by atoms with Crippen LogP contribution in [0.5, 0.6) is 0 Å². The highest BCUT2D eigenvalue weighted by atomic mass is 32.2. The van der Waals surface area contributed by atoms with Crippen molar-refractivity contribution in [2.45, 2.75) is 43.9 Å². The summed E-state index contributed by atoms with van der Waals surface area (Å²) in [7, 11) is 0. The van der Waals surface area contributed by atoms with Crippen molar-refractivity contribution in [3.05, 3.63) is 60.4 Å². The van der Waals surface area contributed by atoms with Crippen LogP contribution in [0, 0.1) is 0 Å². The van der Waals surface area contributed by atoms with Crippen molar-refractivity contribution in [2.75, 3.05) is 12.3 Å². The number of benzene rings is 1. The van der Waals surface area contributed by atoms with Gasteiger partial charge in [-0.15, -0.1) is 10.2 Å². The van der Waals surface area contributed by atoms with Crippen LogP contribution in [0.4, 0.5) is 0 Å². The van der Waals surface area contributed by atoms with Gasteiger partial charge in [-0.2, -0.15) is 0 Å². The van der Waals surface area contributed by atoms with Gasteiger partial charge in [0.25, 0.3) is 0 Å². The zero-order valence-electron chi connectivity index (χ0n) is 16.6. The molecule has 7 heteroatoms. The molecule has 1 aliphatic heterocycles. The van der Waals surface area contributed by atoms with Crippen molar-refractivity contribution < 1.29 is 4.79 Å². The monoisotopic (exact) mass is 407 g/mol. The predicted molar refractivity (Wildman–Crippen MR) is 115 cm³/mol. The van der Waals surface area contributed by atoms with E-state index in [1.807, 2.05) is 35.2 Å². The Kier molecular flexibility index (Phi) is 6.24. The molecule has 0 unspecified atom stereocenters. The van der Waals surface area contributed by atoms with E-state index >= 15 is 0 Å². The highest BCUT2D eigenvalue weighted by Crippen LogP contribution is 2.26. The zero-order valence-corrected chi connectivity index (χ0v) is 17.4. The van der Waals surface area contributed by atoms with Gasteiger partial charge < -0.3 is 4.90 Å². The number of hydrogen-bond donors (Lipinski definition) is 0. The van der Waals surface area contributed by atoms with E-state index in [1.54, 1.807) is 12.4 Å². The lowest BCUT2D eigenvalue weighted by atomic mass is 10.0. The number of amides is 1. The molecule has 150 valence electrons. The molecular weight excluding hydrogens is 382 g/mol. The van der Waals surface area contributed by atoms with Crippen molar-refractivity contribution >= 4 is 17.7 Å². The number of nitrogens with zero attached hydrogens (tertiary/aromatic N) is 5. The van der Waals surface area contributed by atoms with Crippen LogP contribution in [0.1, 0.15) is 31.7 Å². The Hall–Kier alpha value is -2.67. The number of rotatable bonds is 6. The number of aromatic nitrogens is 4. The minimum Gasteiger partial charge on any atom is -0.339 e. The van der Waals surface area contributed by atoms with Gasteiger partial charge in [0.05, 0.1) is 12.3 Å². The van der Waals surface area contributed by atoms with Crippen molar-refractivity contribution in [2.24, 2.45) is 0 Å². The Morgan fingerprint density at radius 3 is 2.66 bits per heavy atom. The highest BCUT2D eigenvalue weighted by molar-refractivity contribution is 7.99. The van der Waals surface area contributed by atoms with Crippen molar-refractivity contribution in [1.29, 1.82) is 0 Å². The van der Waals surface area contributed by atoms with Gasteiger partial charge in [-0.1, -0.05) is 42.1 Å². The highest BCUT2D eigenvalue weighted by Gasteiger charge is 2.24. The summed E-state index contributed by atoms with van der Waals surface area (Å²) >= 11 is 1.47. The first-order valence-corrected chi connectivity index (χ1v) is 11.0. The maximum Gasteiger partial charge on any atom is 0.233 e. The van der Waals surface area contributed by atoms with Gasteiger partial charge in [0, 0.05) is 30.5 Å². The maximum atomic E-state index is 12.8. The predicted octanol–water partition coefficient (Wildman–Crippen LogP) is 3.88. The van der Waals surface area contributed by atoms with Crippen LogP contribution in [-0.4, -0.2) is 48.9 Å². The number of hydrogen-bond acceptors (Lipinski definition) is 5. The third kappa shape index (κ3) is 4.67. The lowest BCUT2D eigenvalue weighted by molar-refractivity contribution is -0.131. The molecule has 0 N–H and O–H groups in total. The second kappa shape index (κ2) is 9.22. The number of carbonyl (C=O) groups is 1. The fraction of sp³-hybridized carbons (Fsp3) is 0.364. The number of carbonyl (C=O) groups excluding carboxylic acids is 1. The van der Waals surface area contributed by atoms with E-state index in [0.717, 1.165) is 35.9 Å². The van der Waals surface area contributed by atoms with Gasteiger partial charge in [0.2, 0.25) is 5.91 Å². The van der Waals surface area contributed by atoms with Gasteiger partial charge >= 0.3 is 0 Å². The van der Waals surface area contributed by atoms with Gasteiger partial charge in [0.15, 0.2) is 11.0 Å². The molecule has 29 heavy (non-hydrogen) atoms. The molecule has 3 aromatic rings. The molecular formula is C22H25N5OS. The summed E-state index contributed by atoms with van der Waals surface area (Å²) in [5.41, 5.74) is 2.13. The average molecular weight is 408 g/mol. The Labute approximate surface area is 175 Å². The van der Waals surface area contributed by atoms with Crippen molar-refractivity contribution in [3.63, 3.8) is 0 Å². The molecule has 0 radical (unpaired) electrons. The number of likely N-dealkylation sites (tertiary alicyclic amines) is 1. The smallest absolute Gasteiger partial charge is 0.233 e.